The molecule has 1 saturated heterocycles. The molecule has 0 N–H and O–H groups in total. The molecule has 0 radical (unpaired) electrons. The highest BCUT2D eigenvalue weighted by Crippen LogP contribution is 2.18. The molecule has 3 heteroatoms. The van der Waals surface area contributed by atoms with Gasteiger partial charge in [0.25, 0.3) is 0 Å². The summed E-state index contributed by atoms with van der Waals surface area (Å²) < 4.78 is 5.68. The van der Waals surface area contributed by atoms with Crippen LogP contribution in [0.4, 0.5) is 0 Å². The summed E-state index contributed by atoms with van der Waals surface area (Å²) in [5, 5.41) is 0.721. The molecule has 0 aromatic heterocycles. The average molecular weight is 252 g/mol. The lowest BCUT2D eigenvalue weighted by Crippen LogP contribution is -2.32. The van der Waals surface area contributed by atoms with Crippen molar-refractivity contribution in [1.29, 1.82) is 0 Å². The lowest BCUT2D eigenvalue weighted by molar-refractivity contribution is 0.220. The van der Waals surface area contributed by atoms with Crippen LogP contribution in [0.2, 0.25) is 5.02 Å². The summed E-state index contributed by atoms with van der Waals surface area (Å²) in [6.07, 6.45) is 3.92. The predicted octanol–water partition coefficient (Wildman–Crippen LogP) is 3.72. The van der Waals surface area contributed by atoms with E-state index in [0.717, 1.165) is 36.2 Å². The Morgan fingerprint density at radius 2 is 1.82 bits per heavy atom. The first-order valence-corrected chi connectivity index (χ1v) is 6.45. The van der Waals surface area contributed by atoms with Crippen LogP contribution in [-0.4, -0.2) is 24.5 Å². The largest absolute Gasteiger partial charge is 0.461 e. The molecule has 92 valence electrons. The number of hydrogen-bond donors (Lipinski definition) is 0. The molecule has 0 spiro atoms. The molecule has 1 aromatic carbocycles. The molecule has 1 aromatic rings. The third kappa shape index (κ3) is 4.06. The molecule has 2 nitrogen and oxygen atoms in total. The zero-order chi connectivity index (χ0) is 12.1. The second-order valence-electron chi connectivity index (χ2n) is 4.43. The summed E-state index contributed by atoms with van der Waals surface area (Å²) >= 11 is 5.82. The Balaban J connectivity index is 1.82. The fraction of sp³-hybridized carbons (Fsp3) is 0.429. The molecular weight excluding hydrogens is 234 g/mol. The molecule has 1 aliphatic rings. The minimum atomic E-state index is 0.721. The first-order valence-electron chi connectivity index (χ1n) is 6.07. The van der Waals surface area contributed by atoms with Gasteiger partial charge in [-0.3, -0.25) is 4.90 Å². The van der Waals surface area contributed by atoms with Crippen molar-refractivity contribution in [3.8, 4) is 5.75 Å². The summed E-state index contributed by atoms with van der Waals surface area (Å²) in [7, 11) is 0. The third-order valence-electron chi connectivity index (χ3n) is 2.92. The molecule has 0 bridgehead atoms. The highest BCUT2D eigenvalue weighted by molar-refractivity contribution is 6.30. The predicted molar refractivity (Wildman–Crippen MR) is 71.5 cm³/mol. The summed E-state index contributed by atoms with van der Waals surface area (Å²) in [6, 6.07) is 7.38. The van der Waals surface area contributed by atoms with E-state index in [-0.39, 0.29) is 0 Å². The van der Waals surface area contributed by atoms with Crippen molar-refractivity contribution in [1.82, 2.24) is 4.90 Å². The Bertz CT molecular complexity index is 368. The molecule has 2 rings (SSSR count). The van der Waals surface area contributed by atoms with Crippen LogP contribution in [0.1, 0.15) is 19.3 Å². The van der Waals surface area contributed by atoms with Gasteiger partial charge in [0.1, 0.15) is 11.5 Å². The highest BCUT2D eigenvalue weighted by atomic mass is 35.5. The fourth-order valence-electron chi connectivity index (χ4n) is 2.07. The maximum Gasteiger partial charge on any atom is 0.127 e. The molecule has 17 heavy (non-hydrogen) atoms. The first kappa shape index (κ1) is 12.5. The molecule has 0 saturated carbocycles. The standard InChI is InChI=1S/C14H18ClNO/c1-12(11-16-9-3-2-4-10-16)17-14-7-5-13(15)6-8-14/h5-8H,1-4,9-11H2. The van der Waals surface area contributed by atoms with Crippen molar-refractivity contribution in [3.05, 3.63) is 41.6 Å². The van der Waals surface area contributed by atoms with Crippen LogP contribution in [0.3, 0.4) is 0 Å². The van der Waals surface area contributed by atoms with Crippen LogP contribution in [0, 0.1) is 0 Å². The number of halogens is 1. The number of likely N-dealkylation sites (tertiary alicyclic amines) is 1. The van der Waals surface area contributed by atoms with Crippen molar-refractivity contribution < 1.29 is 4.74 Å². The third-order valence-corrected chi connectivity index (χ3v) is 3.18. The van der Waals surface area contributed by atoms with E-state index in [4.69, 9.17) is 16.3 Å². The van der Waals surface area contributed by atoms with E-state index >= 15 is 0 Å². The van der Waals surface area contributed by atoms with Gasteiger partial charge in [0.05, 0.1) is 6.54 Å². The van der Waals surface area contributed by atoms with Crippen molar-refractivity contribution in [3.63, 3.8) is 0 Å². The molecule has 1 fully saturated rings. The molecule has 0 atom stereocenters. The van der Waals surface area contributed by atoms with Gasteiger partial charge in [0.15, 0.2) is 0 Å². The molecule has 1 heterocycles. The Morgan fingerprint density at radius 1 is 1.18 bits per heavy atom. The normalized spacial score (nSPS) is 16.8. The van der Waals surface area contributed by atoms with Crippen LogP contribution < -0.4 is 4.74 Å². The second kappa shape index (κ2) is 6.08. The minimum Gasteiger partial charge on any atom is -0.461 e. The van der Waals surface area contributed by atoms with Gasteiger partial charge in [-0.05, 0) is 50.2 Å². The maximum absolute atomic E-state index is 5.82. The van der Waals surface area contributed by atoms with Crippen molar-refractivity contribution >= 4 is 11.6 Å². The lowest BCUT2D eigenvalue weighted by atomic mass is 10.1. The van der Waals surface area contributed by atoms with Gasteiger partial charge in [0, 0.05) is 5.02 Å². The summed E-state index contributed by atoms with van der Waals surface area (Å²) in [6.45, 7) is 7.10. The average Bonchev–Trinajstić information content (AvgIpc) is 2.33. The van der Waals surface area contributed by atoms with Crippen molar-refractivity contribution in [2.24, 2.45) is 0 Å². The molecule has 1 aliphatic heterocycles. The second-order valence-corrected chi connectivity index (χ2v) is 4.87. The smallest absolute Gasteiger partial charge is 0.127 e. The summed E-state index contributed by atoms with van der Waals surface area (Å²) in [4.78, 5) is 2.39. The SMILES string of the molecule is C=C(CN1CCCCC1)Oc1ccc(Cl)cc1. The van der Waals surface area contributed by atoms with E-state index in [2.05, 4.69) is 11.5 Å². The van der Waals surface area contributed by atoms with E-state index in [0.29, 0.717) is 0 Å². The van der Waals surface area contributed by atoms with Crippen LogP contribution >= 0.6 is 11.6 Å². The fourth-order valence-corrected chi connectivity index (χ4v) is 2.19. The Kier molecular flexibility index (Phi) is 4.46. The van der Waals surface area contributed by atoms with Crippen LogP contribution in [-0.2, 0) is 0 Å². The molecular formula is C14H18ClNO. The molecule has 0 aliphatic carbocycles. The van der Waals surface area contributed by atoms with Gasteiger partial charge >= 0.3 is 0 Å². The van der Waals surface area contributed by atoms with Crippen LogP contribution in [0.15, 0.2) is 36.6 Å². The van der Waals surface area contributed by atoms with Crippen molar-refractivity contribution in [2.75, 3.05) is 19.6 Å². The number of ether oxygens (including phenoxy) is 1. The number of benzene rings is 1. The van der Waals surface area contributed by atoms with Gasteiger partial charge < -0.3 is 4.74 Å². The quantitative estimate of drug-likeness (QED) is 0.757. The molecule has 0 amide bonds. The van der Waals surface area contributed by atoms with Gasteiger partial charge in [-0.1, -0.05) is 24.6 Å². The summed E-state index contributed by atoms with van der Waals surface area (Å²) in [5.74, 6) is 1.60. The van der Waals surface area contributed by atoms with Crippen LogP contribution in [0.25, 0.3) is 0 Å². The van der Waals surface area contributed by atoms with Gasteiger partial charge in [-0.25, -0.2) is 0 Å². The maximum atomic E-state index is 5.82. The lowest BCUT2D eigenvalue weighted by Gasteiger charge is -2.26. The van der Waals surface area contributed by atoms with Gasteiger partial charge in [-0.2, -0.15) is 0 Å². The molecule has 0 unspecified atom stereocenters. The summed E-state index contributed by atoms with van der Waals surface area (Å²) in [5.41, 5.74) is 0. The Labute approximate surface area is 108 Å². The number of piperidine rings is 1. The van der Waals surface area contributed by atoms with E-state index in [1.807, 2.05) is 24.3 Å². The van der Waals surface area contributed by atoms with E-state index in [1.165, 1.54) is 19.3 Å². The van der Waals surface area contributed by atoms with Crippen LogP contribution in [0.5, 0.6) is 5.75 Å². The number of rotatable bonds is 4. The Hall–Kier alpha value is -0.990. The zero-order valence-corrected chi connectivity index (χ0v) is 10.7. The Morgan fingerprint density at radius 3 is 2.47 bits per heavy atom. The van der Waals surface area contributed by atoms with Crippen molar-refractivity contribution in [2.45, 2.75) is 19.3 Å². The topological polar surface area (TPSA) is 12.5 Å². The monoisotopic (exact) mass is 251 g/mol. The van der Waals surface area contributed by atoms with Gasteiger partial charge in [-0.15, -0.1) is 0 Å². The minimum absolute atomic E-state index is 0.721. The van der Waals surface area contributed by atoms with Gasteiger partial charge in [0.2, 0.25) is 0 Å². The number of nitrogens with zero attached hydrogens (tertiary/aromatic N) is 1. The number of hydrogen-bond acceptors (Lipinski definition) is 2. The zero-order valence-electron chi connectivity index (χ0n) is 9.99. The van der Waals surface area contributed by atoms with E-state index < -0.39 is 0 Å². The van der Waals surface area contributed by atoms with E-state index in [1.54, 1.807) is 0 Å². The highest BCUT2D eigenvalue weighted by Gasteiger charge is 2.11. The first-order chi connectivity index (χ1) is 8.24. The van der Waals surface area contributed by atoms with E-state index in [9.17, 15) is 0 Å².